The van der Waals surface area contributed by atoms with Crippen LogP contribution in [0.2, 0.25) is 0 Å². The van der Waals surface area contributed by atoms with E-state index in [-0.39, 0.29) is 0 Å². The number of rotatable bonds is 4. The third-order valence-corrected chi connectivity index (χ3v) is 4.76. The van der Waals surface area contributed by atoms with Crippen molar-refractivity contribution in [1.29, 1.82) is 0 Å². The molecule has 1 heterocycles. The fourth-order valence-corrected chi connectivity index (χ4v) is 3.84. The van der Waals surface area contributed by atoms with E-state index in [1.54, 1.807) is 0 Å². The predicted octanol–water partition coefficient (Wildman–Crippen LogP) is 2.77. The third-order valence-electron chi connectivity index (χ3n) is 4.76. The maximum absolute atomic E-state index is 6.06. The molecule has 2 fully saturated rings. The van der Waals surface area contributed by atoms with Gasteiger partial charge in [0.25, 0.3) is 0 Å². The maximum atomic E-state index is 6.06. The van der Waals surface area contributed by atoms with Crippen LogP contribution in [0.4, 0.5) is 0 Å². The fraction of sp³-hybridized carbons (Fsp3) is 1.00. The number of likely N-dealkylation sites (tertiary alicyclic amines) is 1. The van der Waals surface area contributed by atoms with Crippen molar-refractivity contribution >= 4 is 0 Å². The zero-order valence-electron chi connectivity index (χ0n) is 10.8. The molecule has 1 saturated heterocycles. The quantitative estimate of drug-likeness (QED) is 0.795. The molecule has 0 aromatic heterocycles. The summed E-state index contributed by atoms with van der Waals surface area (Å²) >= 11 is 0. The van der Waals surface area contributed by atoms with Gasteiger partial charge >= 0.3 is 0 Å². The van der Waals surface area contributed by atoms with E-state index in [1.807, 2.05) is 0 Å². The molecule has 2 atom stereocenters. The summed E-state index contributed by atoms with van der Waals surface area (Å²) in [7, 11) is 0. The van der Waals surface area contributed by atoms with Gasteiger partial charge in [-0.3, -0.25) is 4.90 Å². The van der Waals surface area contributed by atoms with Crippen molar-refractivity contribution in [3.8, 4) is 0 Å². The highest BCUT2D eigenvalue weighted by atomic mass is 15.2. The van der Waals surface area contributed by atoms with Crippen molar-refractivity contribution < 1.29 is 0 Å². The average molecular weight is 224 g/mol. The van der Waals surface area contributed by atoms with Crippen molar-refractivity contribution in [2.24, 2.45) is 11.7 Å². The summed E-state index contributed by atoms with van der Waals surface area (Å²) < 4.78 is 0. The number of nitrogens with zero attached hydrogens (tertiary/aromatic N) is 1. The van der Waals surface area contributed by atoms with Crippen LogP contribution >= 0.6 is 0 Å². The van der Waals surface area contributed by atoms with Crippen LogP contribution in [0.5, 0.6) is 0 Å². The van der Waals surface area contributed by atoms with Crippen LogP contribution in [-0.4, -0.2) is 30.1 Å². The lowest BCUT2D eigenvalue weighted by molar-refractivity contribution is 0.0639. The second-order valence-corrected chi connectivity index (χ2v) is 5.64. The number of hydrogen-bond acceptors (Lipinski definition) is 2. The fourth-order valence-electron chi connectivity index (χ4n) is 3.84. The van der Waals surface area contributed by atoms with Crippen molar-refractivity contribution in [2.45, 2.75) is 70.4 Å². The van der Waals surface area contributed by atoms with E-state index in [0.717, 1.165) is 18.5 Å². The van der Waals surface area contributed by atoms with Crippen LogP contribution < -0.4 is 5.73 Å². The van der Waals surface area contributed by atoms with E-state index >= 15 is 0 Å². The van der Waals surface area contributed by atoms with E-state index in [2.05, 4.69) is 11.8 Å². The summed E-state index contributed by atoms with van der Waals surface area (Å²) in [5.74, 6) is 0.900. The standard InChI is InChI=1S/C14H28N2/c1-2-13-9-5-6-10-16(13)14(11-15)12-7-3-4-8-12/h12-14H,2-11,15H2,1H3. The van der Waals surface area contributed by atoms with Gasteiger partial charge in [-0.05, 0) is 44.6 Å². The van der Waals surface area contributed by atoms with Crippen LogP contribution in [0.25, 0.3) is 0 Å². The van der Waals surface area contributed by atoms with Gasteiger partial charge in [0.2, 0.25) is 0 Å². The van der Waals surface area contributed by atoms with Crippen molar-refractivity contribution in [3.05, 3.63) is 0 Å². The molecule has 0 amide bonds. The average Bonchev–Trinajstić information content (AvgIpc) is 2.84. The van der Waals surface area contributed by atoms with Gasteiger partial charge in [0.1, 0.15) is 0 Å². The van der Waals surface area contributed by atoms with Gasteiger partial charge in [0.05, 0.1) is 0 Å². The Morgan fingerprint density at radius 2 is 1.81 bits per heavy atom. The molecule has 1 saturated carbocycles. The van der Waals surface area contributed by atoms with Crippen LogP contribution in [0.1, 0.15) is 58.3 Å². The molecule has 0 radical (unpaired) electrons. The largest absolute Gasteiger partial charge is 0.329 e. The molecule has 0 bridgehead atoms. The van der Waals surface area contributed by atoms with Crippen molar-refractivity contribution in [1.82, 2.24) is 4.90 Å². The highest BCUT2D eigenvalue weighted by Gasteiger charge is 2.33. The molecular weight excluding hydrogens is 196 g/mol. The zero-order chi connectivity index (χ0) is 11.4. The normalized spacial score (nSPS) is 30.8. The van der Waals surface area contributed by atoms with Crippen LogP contribution in [-0.2, 0) is 0 Å². The molecule has 2 nitrogen and oxygen atoms in total. The highest BCUT2D eigenvalue weighted by Crippen LogP contribution is 2.33. The van der Waals surface area contributed by atoms with Crippen LogP contribution in [0.3, 0.4) is 0 Å². The van der Waals surface area contributed by atoms with Crippen LogP contribution in [0.15, 0.2) is 0 Å². The van der Waals surface area contributed by atoms with Gasteiger partial charge in [-0.2, -0.15) is 0 Å². The molecule has 2 heteroatoms. The molecule has 1 aliphatic heterocycles. The number of piperidine rings is 1. The summed E-state index contributed by atoms with van der Waals surface area (Å²) in [6.45, 7) is 4.52. The van der Waals surface area contributed by atoms with Gasteiger partial charge in [0.15, 0.2) is 0 Å². The monoisotopic (exact) mass is 224 g/mol. The Kier molecular flexibility index (Phi) is 4.66. The summed E-state index contributed by atoms with van der Waals surface area (Å²) in [6.07, 6.45) is 11.3. The molecule has 1 aliphatic carbocycles. The van der Waals surface area contributed by atoms with E-state index in [9.17, 15) is 0 Å². The molecule has 94 valence electrons. The van der Waals surface area contributed by atoms with Gasteiger partial charge in [-0.1, -0.05) is 26.2 Å². The first-order chi connectivity index (χ1) is 7.86. The predicted molar refractivity (Wildman–Crippen MR) is 69.4 cm³/mol. The number of hydrogen-bond donors (Lipinski definition) is 1. The second-order valence-electron chi connectivity index (χ2n) is 5.64. The summed E-state index contributed by atoms with van der Waals surface area (Å²) in [4.78, 5) is 2.76. The van der Waals surface area contributed by atoms with Gasteiger partial charge < -0.3 is 5.73 Å². The minimum absolute atomic E-state index is 0.688. The Morgan fingerprint density at radius 3 is 2.44 bits per heavy atom. The minimum Gasteiger partial charge on any atom is -0.329 e. The van der Waals surface area contributed by atoms with E-state index < -0.39 is 0 Å². The first kappa shape index (κ1) is 12.4. The molecule has 2 N–H and O–H groups in total. The molecule has 0 aromatic carbocycles. The molecule has 2 unspecified atom stereocenters. The molecule has 2 rings (SSSR count). The first-order valence-corrected chi connectivity index (χ1v) is 7.32. The second kappa shape index (κ2) is 6.02. The van der Waals surface area contributed by atoms with Gasteiger partial charge in [0, 0.05) is 18.6 Å². The lowest BCUT2D eigenvalue weighted by Gasteiger charge is -2.43. The Labute approximate surface area is 101 Å². The maximum Gasteiger partial charge on any atom is 0.0249 e. The van der Waals surface area contributed by atoms with Gasteiger partial charge in [-0.25, -0.2) is 0 Å². The molecule has 0 aromatic rings. The Hall–Kier alpha value is -0.0800. The Bertz CT molecular complexity index is 197. The smallest absolute Gasteiger partial charge is 0.0249 e. The Morgan fingerprint density at radius 1 is 1.12 bits per heavy atom. The topological polar surface area (TPSA) is 29.3 Å². The lowest BCUT2D eigenvalue weighted by atomic mass is 9.91. The van der Waals surface area contributed by atoms with Crippen molar-refractivity contribution in [3.63, 3.8) is 0 Å². The minimum atomic E-state index is 0.688. The van der Waals surface area contributed by atoms with Crippen LogP contribution in [0, 0.1) is 5.92 Å². The van der Waals surface area contributed by atoms with E-state index in [4.69, 9.17) is 5.73 Å². The Balaban J connectivity index is 1.99. The van der Waals surface area contributed by atoms with E-state index in [1.165, 1.54) is 57.9 Å². The summed E-state index contributed by atoms with van der Waals surface area (Å²) in [5, 5.41) is 0. The first-order valence-electron chi connectivity index (χ1n) is 7.32. The SMILES string of the molecule is CCC1CCCCN1C(CN)C1CCCC1. The molecule has 2 aliphatic rings. The van der Waals surface area contributed by atoms with Crippen molar-refractivity contribution in [2.75, 3.05) is 13.1 Å². The molecule has 0 spiro atoms. The zero-order valence-corrected chi connectivity index (χ0v) is 10.8. The lowest BCUT2D eigenvalue weighted by Crippen LogP contribution is -2.52. The molecule has 16 heavy (non-hydrogen) atoms. The summed E-state index contributed by atoms with van der Waals surface area (Å²) in [6, 6.07) is 1.51. The summed E-state index contributed by atoms with van der Waals surface area (Å²) in [5.41, 5.74) is 6.06. The van der Waals surface area contributed by atoms with Gasteiger partial charge in [-0.15, -0.1) is 0 Å². The van der Waals surface area contributed by atoms with E-state index in [0.29, 0.717) is 6.04 Å². The molecular formula is C14H28N2. The highest BCUT2D eigenvalue weighted by molar-refractivity contribution is 4.88. The number of nitrogens with two attached hydrogens (primary N) is 1. The third kappa shape index (κ3) is 2.60.